The van der Waals surface area contributed by atoms with E-state index < -0.39 is 6.09 Å². The monoisotopic (exact) mass is 824 g/mol. The van der Waals surface area contributed by atoms with Gasteiger partial charge in [-0.25, -0.2) is 4.79 Å². The minimum absolute atomic E-state index is 0.0889. The van der Waals surface area contributed by atoms with E-state index in [-0.39, 0.29) is 42.3 Å². The van der Waals surface area contributed by atoms with Crippen molar-refractivity contribution in [2.75, 3.05) is 35.2 Å². The molecule has 9 rings (SSSR count). The second-order valence-corrected chi connectivity index (χ2v) is 16.0. The maximum absolute atomic E-state index is 13.5. The van der Waals surface area contributed by atoms with Gasteiger partial charge in [0.1, 0.15) is 18.2 Å². The summed E-state index contributed by atoms with van der Waals surface area (Å²) >= 11 is 12.6. The second-order valence-electron chi connectivity index (χ2n) is 15.2. The van der Waals surface area contributed by atoms with Gasteiger partial charge in [0.05, 0.1) is 44.6 Å². The van der Waals surface area contributed by atoms with Crippen molar-refractivity contribution in [2.45, 2.75) is 81.9 Å². The molecule has 4 atom stereocenters. The summed E-state index contributed by atoms with van der Waals surface area (Å²) in [6.07, 6.45) is 5.01. The first-order valence-electron chi connectivity index (χ1n) is 19.7. The van der Waals surface area contributed by atoms with E-state index in [1.807, 2.05) is 60.7 Å². The van der Waals surface area contributed by atoms with Crippen LogP contribution >= 0.6 is 23.2 Å². The molecule has 1 amide bonds. The maximum Gasteiger partial charge on any atom is 0.407 e. The normalized spacial score (nSPS) is 20.3. The third-order valence-corrected chi connectivity index (χ3v) is 12.1. The van der Waals surface area contributed by atoms with Crippen molar-refractivity contribution < 1.29 is 19.1 Å². The van der Waals surface area contributed by atoms with Crippen molar-refractivity contribution >= 4 is 64.1 Å². The number of hydrogen-bond acceptors (Lipinski definition) is 11. The van der Waals surface area contributed by atoms with E-state index in [1.54, 1.807) is 6.07 Å². The number of nitrogens with two attached hydrogens (primary N) is 3. The summed E-state index contributed by atoms with van der Waals surface area (Å²) in [7, 11) is 0. The number of carbonyl (C=O) groups excluding carboxylic acids is 3. The van der Waals surface area contributed by atoms with Gasteiger partial charge in [0, 0.05) is 36.3 Å². The number of nitrogens with zero attached hydrogens (tertiary/aromatic N) is 4. The summed E-state index contributed by atoms with van der Waals surface area (Å²) < 4.78 is 8.05. The second kappa shape index (κ2) is 16.7. The molecule has 0 radical (unpaired) electrons. The van der Waals surface area contributed by atoms with Crippen LogP contribution in [0, 0.1) is 0 Å². The van der Waals surface area contributed by atoms with Gasteiger partial charge in [-0.1, -0.05) is 77.8 Å². The van der Waals surface area contributed by atoms with E-state index in [2.05, 4.69) is 26.1 Å². The zero-order chi connectivity index (χ0) is 40.5. The molecule has 0 saturated heterocycles. The first-order chi connectivity index (χ1) is 28.1. The molecule has 14 nitrogen and oxygen atoms in total. The number of nitrogen functional groups attached to an aromatic ring is 2. The molecule has 58 heavy (non-hydrogen) atoms. The summed E-state index contributed by atoms with van der Waals surface area (Å²) in [4.78, 5) is 38.9. The van der Waals surface area contributed by atoms with Crippen molar-refractivity contribution in [3.8, 4) is 0 Å². The van der Waals surface area contributed by atoms with Crippen LogP contribution in [0.3, 0.4) is 0 Å². The van der Waals surface area contributed by atoms with Gasteiger partial charge in [-0.15, -0.1) is 0 Å². The number of amides is 1. The summed E-state index contributed by atoms with van der Waals surface area (Å²) in [6, 6.07) is 20.7. The fourth-order valence-electron chi connectivity index (χ4n) is 8.44. The molecule has 16 heteroatoms. The number of benzene rings is 3. The van der Waals surface area contributed by atoms with Crippen LogP contribution in [-0.4, -0.2) is 62.6 Å². The number of fused-ring (bicyclic) bond motifs is 4. The Kier molecular flexibility index (Phi) is 11.3. The van der Waals surface area contributed by atoms with Gasteiger partial charge in [0.15, 0.2) is 0 Å². The minimum Gasteiger partial charge on any atom is -0.445 e. The summed E-state index contributed by atoms with van der Waals surface area (Å²) in [5.41, 5.74) is 26.4. The van der Waals surface area contributed by atoms with Crippen LogP contribution in [0.2, 0.25) is 10.0 Å². The van der Waals surface area contributed by atoms with Crippen molar-refractivity contribution in [3.63, 3.8) is 0 Å². The number of ether oxygens (including phenoxy) is 1. The number of nitrogens with one attached hydrogen (secondary N) is 3. The number of para-hydroxylation sites is 2. The number of aryl methyl sites for hydroxylation is 2. The van der Waals surface area contributed by atoms with E-state index in [9.17, 15) is 14.4 Å². The molecule has 3 aromatic carbocycles. The fourth-order valence-corrected chi connectivity index (χ4v) is 8.94. The maximum atomic E-state index is 13.5. The standard InChI is InChI=1S/C25H26ClN5O3.C17H20ClN5O/c26-20-8-4-7-17-18(11-12-28-22(17)20)24(32)31-23(27)19-13-16(9-10-21(19)30-31)29-25(33)34-14-15-5-2-1-3-6-15;18-13-3-1-2-10-11(6-7-21-15(10)13)17(24)23-16(20)12-8-9(19)4-5-14(12)22-23/h1-8,16,18,28H,9-14,27H2,(H,29,33);1-3,9,11,21H,4-8,19-20H2/t16-,18+;9-,11+/m00/s1. The van der Waals surface area contributed by atoms with Gasteiger partial charge >= 0.3 is 6.09 Å². The Morgan fingerprint density at radius 1 is 0.724 bits per heavy atom. The van der Waals surface area contributed by atoms with Crippen molar-refractivity contribution in [1.82, 2.24) is 24.9 Å². The number of anilines is 4. The largest absolute Gasteiger partial charge is 0.445 e. The van der Waals surface area contributed by atoms with Crippen LogP contribution < -0.4 is 33.2 Å². The molecule has 302 valence electrons. The lowest BCUT2D eigenvalue weighted by Crippen LogP contribution is -2.39. The highest BCUT2D eigenvalue weighted by atomic mass is 35.5. The molecule has 0 fully saturated rings. The number of hydrogen-bond donors (Lipinski definition) is 6. The highest BCUT2D eigenvalue weighted by Crippen LogP contribution is 2.40. The third kappa shape index (κ3) is 7.83. The van der Waals surface area contributed by atoms with E-state index in [0.29, 0.717) is 73.3 Å². The first-order valence-corrected chi connectivity index (χ1v) is 20.4. The Morgan fingerprint density at radius 2 is 1.26 bits per heavy atom. The number of halogens is 2. The van der Waals surface area contributed by atoms with Crippen LogP contribution in [0.4, 0.5) is 27.8 Å². The minimum atomic E-state index is -0.470. The number of alkyl carbamates (subject to hydrolysis) is 1. The Bertz CT molecular complexity index is 2360. The lowest BCUT2D eigenvalue weighted by Gasteiger charge is -2.26. The zero-order valence-corrected chi connectivity index (χ0v) is 33.4. The summed E-state index contributed by atoms with van der Waals surface area (Å²) in [5, 5.41) is 19.7. The van der Waals surface area contributed by atoms with Gasteiger partial charge in [-0.05, 0) is 80.2 Å². The van der Waals surface area contributed by atoms with Crippen molar-refractivity contribution in [2.24, 2.45) is 5.73 Å². The highest BCUT2D eigenvalue weighted by Gasteiger charge is 2.35. The number of aromatic nitrogens is 4. The first kappa shape index (κ1) is 39.3. The van der Waals surface area contributed by atoms with Gasteiger partial charge in [-0.3, -0.25) is 9.59 Å². The third-order valence-electron chi connectivity index (χ3n) is 11.5. The quantitative estimate of drug-likeness (QED) is 0.116. The molecule has 0 unspecified atom stereocenters. The van der Waals surface area contributed by atoms with Crippen LogP contribution in [-0.2, 0) is 37.0 Å². The highest BCUT2D eigenvalue weighted by molar-refractivity contribution is 6.34. The van der Waals surface area contributed by atoms with Gasteiger partial charge in [0.2, 0.25) is 0 Å². The predicted molar refractivity (Wildman–Crippen MR) is 225 cm³/mol. The van der Waals surface area contributed by atoms with Crippen LogP contribution in [0.5, 0.6) is 0 Å². The van der Waals surface area contributed by atoms with E-state index in [1.165, 1.54) is 9.36 Å². The fraction of sp³-hybridized carbons (Fsp3) is 0.357. The average Bonchev–Trinajstić information content (AvgIpc) is 3.75. The molecule has 0 saturated carbocycles. The molecule has 4 heterocycles. The van der Waals surface area contributed by atoms with Crippen LogP contribution in [0.25, 0.3) is 0 Å². The van der Waals surface area contributed by atoms with Crippen molar-refractivity contribution in [3.05, 3.63) is 116 Å². The Balaban J connectivity index is 0.000000172. The van der Waals surface area contributed by atoms with E-state index in [0.717, 1.165) is 63.4 Å². The smallest absolute Gasteiger partial charge is 0.407 e. The van der Waals surface area contributed by atoms with E-state index in [4.69, 9.17) is 45.1 Å². The lowest BCUT2D eigenvalue weighted by molar-refractivity contribution is 0.0851. The van der Waals surface area contributed by atoms with Gasteiger partial charge < -0.3 is 37.9 Å². The molecule has 4 aliphatic rings. The molecule has 2 aliphatic heterocycles. The number of rotatable bonds is 5. The van der Waals surface area contributed by atoms with Gasteiger partial charge in [0.25, 0.3) is 11.8 Å². The Hall–Kier alpha value is -5.57. The Labute approximate surface area is 345 Å². The molecule has 2 aliphatic carbocycles. The van der Waals surface area contributed by atoms with Crippen LogP contribution in [0.1, 0.15) is 86.3 Å². The Morgan fingerprint density at radius 3 is 1.83 bits per heavy atom. The van der Waals surface area contributed by atoms with E-state index >= 15 is 0 Å². The zero-order valence-electron chi connectivity index (χ0n) is 31.8. The molecular weight excluding hydrogens is 779 g/mol. The topological polar surface area (TPSA) is 210 Å². The summed E-state index contributed by atoms with van der Waals surface area (Å²) in [6.45, 7) is 1.55. The molecule has 0 spiro atoms. The molecular formula is C42H46Cl2N10O4. The SMILES string of the molecule is Nc1c2c(nn1C(=O)[C@@H]1CCNc3c(Cl)cccc31)CC[C@H](N)C2.Nc1c2c(nn1C(=O)[C@@H]1CCNc3c(Cl)cccc31)CC[C@H](NC(=O)OCc1ccccc1)C2. The molecule has 0 bridgehead atoms. The lowest BCUT2D eigenvalue weighted by atomic mass is 9.90. The average molecular weight is 826 g/mol. The predicted octanol–water partition coefficient (Wildman–Crippen LogP) is 6.32. The van der Waals surface area contributed by atoms with Crippen LogP contribution in [0.15, 0.2) is 66.7 Å². The molecule has 5 aromatic rings. The molecule has 2 aromatic heterocycles. The van der Waals surface area contributed by atoms with Gasteiger partial charge in [-0.2, -0.15) is 19.6 Å². The molecule has 9 N–H and O–H groups in total. The summed E-state index contributed by atoms with van der Waals surface area (Å²) in [5.74, 6) is -0.152. The van der Waals surface area contributed by atoms with Crippen molar-refractivity contribution in [1.29, 1.82) is 0 Å². The number of carbonyl (C=O) groups is 3.